The fourth-order valence-corrected chi connectivity index (χ4v) is 1.37. The van der Waals surface area contributed by atoms with Crippen LogP contribution in [0.15, 0.2) is 42.9 Å². The lowest BCUT2D eigenvalue weighted by Crippen LogP contribution is -1.97. The number of carbonyl (C=O) groups is 1. The van der Waals surface area contributed by atoms with E-state index in [1.807, 2.05) is 24.3 Å². The fraction of sp³-hybridized carbons (Fsp3) is 0.0833. The molecule has 0 fully saturated rings. The molecule has 0 saturated carbocycles. The summed E-state index contributed by atoms with van der Waals surface area (Å²) in [5.74, 6) is -0.972. The Labute approximate surface area is 92.4 Å². The number of rotatable bonds is 3. The summed E-state index contributed by atoms with van der Waals surface area (Å²) < 4.78 is 10.4. The Morgan fingerprint density at radius 2 is 2.06 bits per heavy atom. The standard InChI is InChI=1S/C12H10O4/c13-11(14)5-4-9-2-1-3-10(8-9)12-15-6-7-16-12/h1-8,12H,(H,13,14)/b5-4+. The van der Waals surface area contributed by atoms with Gasteiger partial charge < -0.3 is 14.6 Å². The Morgan fingerprint density at radius 1 is 1.31 bits per heavy atom. The molecule has 1 N–H and O–H groups in total. The van der Waals surface area contributed by atoms with Gasteiger partial charge >= 0.3 is 5.97 Å². The highest BCUT2D eigenvalue weighted by molar-refractivity contribution is 5.85. The van der Waals surface area contributed by atoms with Crippen molar-refractivity contribution in [3.63, 3.8) is 0 Å². The van der Waals surface area contributed by atoms with Crippen molar-refractivity contribution in [3.8, 4) is 0 Å². The molecular weight excluding hydrogens is 208 g/mol. The maximum Gasteiger partial charge on any atom is 0.328 e. The molecule has 0 aromatic heterocycles. The highest BCUT2D eigenvalue weighted by Crippen LogP contribution is 2.24. The highest BCUT2D eigenvalue weighted by Gasteiger charge is 2.14. The van der Waals surface area contributed by atoms with Gasteiger partial charge in [0.1, 0.15) is 12.5 Å². The average Bonchev–Trinajstić information content (AvgIpc) is 2.80. The molecule has 0 amide bonds. The molecule has 82 valence electrons. The van der Waals surface area contributed by atoms with E-state index in [0.29, 0.717) is 0 Å². The van der Waals surface area contributed by atoms with Crippen molar-refractivity contribution in [2.24, 2.45) is 0 Å². The fourth-order valence-electron chi connectivity index (χ4n) is 1.37. The molecule has 16 heavy (non-hydrogen) atoms. The van der Waals surface area contributed by atoms with E-state index in [-0.39, 0.29) is 0 Å². The molecule has 1 aromatic rings. The van der Waals surface area contributed by atoms with Gasteiger partial charge in [0.25, 0.3) is 6.29 Å². The van der Waals surface area contributed by atoms with Crippen LogP contribution < -0.4 is 0 Å². The molecule has 1 aliphatic heterocycles. The van der Waals surface area contributed by atoms with Crippen LogP contribution in [-0.4, -0.2) is 11.1 Å². The van der Waals surface area contributed by atoms with Gasteiger partial charge in [-0.3, -0.25) is 0 Å². The van der Waals surface area contributed by atoms with E-state index in [1.54, 1.807) is 0 Å². The summed E-state index contributed by atoms with van der Waals surface area (Å²) in [6, 6.07) is 7.31. The number of carboxylic acids is 1. The number of benzene rings is 1. The van der Waals surface area contributed by atoms with E-state index in [1.165, 1.54) is 18.6 Å². The van der Waals surface area contributed by atoms with Gasteiger partial charge in [-0.2, -0.15) is 0 Å². The van der Waals surface area contributed by atoms with Crippen LogP contribution in [0.3, 0.4) is 0 Å². The minimum Gasteiger partial charge on any atom is -0.478 e. The summed E-state index contributed by atoms with van der Waals surface area (Å²) in [6.07, 6.45) is 5.13. The third kappa shape index (κ3) is 2.42. The Balaban J connectivity index is 2.16. The van der Waals surface area contributed by atoms with Crippen molar-refractivity contribution in [2.45, 2.75) is 6.29 Å². The molecule has 0 spiro atoms. The van der Waals surface area contributed by atoms with Crippen LogP contribution in [0.25, 0.3) is 6.08 Å². The van der Waals surface area contributed by atoms with E-state index < -0.39 is 12.3 Å². The number of carboxylic acid groups (broad SMARTS) is 1. The zero-order valence-electron chi connectivity index (χ0n) is 8.37. The molecule has 0 saturated heterocycles. The molecule has 1 aliphatic rings. The van der Waals surface area contributed by atoms with Crippen molar-refractivity contribution >= 4 is 12.0 Å². The van der Waals surface area contributed by atoms with E-state index >= 15 is 0 Å². The van der Waals surface area contributed by atoms with Crippen molar-refractivity contribution < 1.29 is 19.4 Å². The molecular formula is C12H10O4. The third-order valence-electron chi connectivity index (χ3n) is 2.06. The minimum absolute atomic E-state index is 0.432. The van der Waals surface area contributed by atoms with E-state index in [0.717, 1.165) is 17.2 Å². The summed E-state index contributed by atoms with van der Waals surface area (Å²) in [7, 11) is 0. The molecule has 2 rings (SSSR count). The van der Waals surface area contributed by atoms with Crippen LogP contribution in [0.5, 0.6) is 0 Å². The normalized spacial score (nSPS) is 15.0. The van der Waals surface area contributed by atoms with Gasteiger partial charge in [0.05, 0.1) is 0 Å². The Bertz CT molecular complexity index is 440. The first-order chi connectivity index (χ1) is 7.75. The smallest absolute Gasteiger partial charge is 0.328 e. The van der Waals surface area contributed by atoms with Crippen LogP contribution >= 0.6 is 0 Å². The molecule has 4 nitrogen and oxygen atoms in total. The monoisotopic (exact) mass is 218 g/mol. The van der Waals surface area contributed by atoms with Gasteiger partial charge in [-0.1, -0.05) is 18.2 Å². The Morgan fingerprint density at radius 3 is 2.75 bits per heavy atom. The Hall–Kier alpha value is -2.23. The molecule has 1 heterocycles. The van der Waals surface area contributed by atoms with Crippen LogP contribution in [0, 0.1) is 0 Å². The van der Waals surface area contributed by atoms with Crippen LogP contribution in [0.4, 0.5) is 0 Å². The largest absolute Gasteiger partial charge is 0.478 e. The van der Waals surface area contributed by atoms with Gasteiger partial charge in [0, 0.05) is 11.6 Å². The Kier molecular flexibility index (Phi) is 2.91. The predicted octanol–water partition coefficient (Wildman–Crippen LogP) is 2.30. The molecule has 4 heteroatoms. The first-order valence-corrected chi connectivity index (χ1v) is 4.72. The van der Waals surface area contributed by atoms with Crippen molar-refractivity contribution in [3.05, 3.63) is 54.0 Å². The third-order valence-corrected chi connectivity index (χ3v) is 2.06. The molecule has 0 bridgehead atoms. The SMILES string of the molecule is O=C(O)/C=C/c1cccc(C2OC=CO2)c1. The number of hydrogen-bond donors (Lipinski definition) is 1. The topological polar surface area (TPSA) is 55.8 Å². The summed E-state index contributed by atoms with van der Waals surface area (Å²) >= 11 is 0. The maximum atomic E-state index is 10.4. The summed E-state index contributed by atoms with van der Waals surface area (Å²) in [5.41, 5.74) is 1.64. The molecule has 0 aliphatic carbocycles. The zero-order valence-corrected chi connectivity index (χ0v) is 8.37. The van der Waals surface area contributed by atoms with Gasteiger partial charge in [-0.25, -0.2) is 4.79 Å². The van der Waals surface area contributed by atoms with Crippen LogP contribution in [-0.2, 0) is 14.3 Å². The number of aliphatic carboxylic acids is 1. The van der Waals surface area contributed by atoms with Crippen LogP contribution in [0.1, 0.15) is 17.4 Å². The highest BCUT2D eigenvalue weighted by atomic mass is 16.7. The van der Waals surface area contributed by atoms with E-state index in [4.69, 9.17) is 14.6 Å². The van der Waals surface area contributed by atoms with Crippen molar-refractivity contribution in [2.75, 3.05) is 0 Å². The van der Waals surface area contributed by atoms with Crippen molar-refractivity contribution in [1.82, 2.24) is 0 Å². The first-order valence-electron chi connectivity index (χ1n) is 4.72. The van der Waals surface area contributed by atoms with E-state index in [2.05, 4.69) is 0 Å². The van der Waals surface area contributed by atoms with Gasteiger partial charge in [-0.05, 0) is 17.7 Å². The van der Waals surface area contributed by atoms with Crippen LogP contribution in [0.2, 0.25) is 0 Å². The quantitative estimate of drug-likeness (QED) is 0.791. The second kappa shape index (κ2) is 4.53. The van der Waals surface area contributed by atoms with Gasteiger partial charge in [-0.15, -0.1) is 0 Å². The minimum atomic E-state index is -0.972. The summed E-state index contributed by atoms with van der Waals surface area (Å²) in [4.78, 5) is 10.4. The van der Waals surface area contributed by atoms with Gasteiger partial charge in [0.2, 0.25) is 0 Å². The van der Waals surface area contributed by atoms with E-state index in [9.17, 15) is 4.79 Å². The lowest BCUT2D eigenvalue weighted by molar-refractivity contribution is -0.131. The molecule has 0 atom stereocenters. The molecule has 1 aromatic carbocycles. The molecule has 0 unspecified atom stereocenters. The lowest BCUT2D eigenvalue weighted by atomic mass is 10.1. The van der Waals surface area contributed by atoms with Gasteiger partial charge in [0.15, 0.2) is 0 Å². The maximum absolute atomic E-state index is 10.4. The summed E-state index contributed by atoms with van der Waals surface area (Å²) in [6.45, 7) is 0. The second-order valence-electron chi connectivity index (χ2n) is 3.22. The number of hydrogen-bond acceptors (Lipinski definition) is 3. The zero-order chi connectivity index (χ0) is 11.4. The first kappa shape index (κ1) is 10.3. The van der Waals surface area contributed by atoms with Crippen molar-refractivity contribution in [1.29, 1.82) is 0 Å². The average molecular weight is 218 g/mol. The lowest BCUT2D eigenvalue weighted by Gasteiger charge is -2.10. The predicted molar refractivity (Wildman–Crippen MR) is 57.2 cm³/mol. The molecule has 0 radical (unpaired) electrons. The number of ether oxygens (including phenoxy) is 2. The summed E-state index contributed by atoms with van der Waals surface area (Å²) in [5, 5.41) is 8.51. The second-order valence-corrected chi connectivity index (χ2v) is 3.22.